The molecule has 0 aliphatic rings. The van der Waals surface area contributed by atoms with Gasteiger partial charge in [-0.3, -0.25) is 4.79 Å². The Balaban J connectivity index is 1.80. The van der Waals surface area contributed by atoms with Crippen molar-refractivity contribution >= 4 is 11.9 Å². The lowest BCUT2D eigenvalue weighted by atomic mass is 10.1. The normalized spacial score (nSPS) is 11.1. The summed E-state index contributed by atoms with van der Waals surface area (Å²) in [7, 11) is 0. The maximum absolute atomic E-state index is 13.2. The fourth-order valence-corrected chi connectivity index (χ4v) is 2.89. The summed E-state index contributed by atoms with van der Waals surface area (Å²) in [6, 6.07) is 26.5. The van der Waals surface area contributed by atoms with Crippen LogP contribution >= 0.6 is 0 Å². The van der Waals surface area contributed by atoms with E-state index < -0.39 is 12.0 Å². The zero-order chi connectivity index (χ0) is 20.5. The molecule has 1 unspecified atom stereocenters. The number of carbonyl (C=O) groups excluding carboxylic acids is 2. The van der Waals surface area contributed by atoms with Crippen LogP contribution in [0.25, 0.3) is 0 Å². The molecule has 0 fully saturated rings. The average Bonchev–Trinajstić information content (AvgIpc) is 2.80. The van der Waals surface area contributed by atoms with E-state index >= 15 is 0 Å². The minimum absolute atomic E-state index is 0.0877. The molecule has 0 aliphatic carbocycles. The lowest BCUT2D eigenvalue weighted by Gasteiger charge is -2.28. The molecule has 29 heavy (non-hydrogen) atoms. The summed E-state index contributed by atoms with van der Waals surface area (Å²) in [4.78, 5) is 27.0. The second-order valence-electron chi connectivity index (χ2n) is 6.43. The number of hydrogen-bond acceptors (Lipinski definition) is 3. The fraction of sp³-hybridized carbons (Fsp3) is 0.120. The first-order valence-electron chi connectivity index (χ1n) is 9.27. The molecule has 1 atom stereocenters. The Morgan fingerprint density at radius 3 is 1.90 bits per heavy atom. The van der Waals surface area contributed by atoms with E-state index in [4.69, 9.17) is 11.2 Å². The Morgan fingerprint density at radius 1 is 0.828 bits per heavy atom. The molecule has 3 aromatic rings. The van der Waals surface area contributed by atoms with Gasteiger partial charge in [-0.1, -0.05) is 72.7 Å². The van der Waals surface area contributed by atoms with Gasteiger partial charge in [0.25, 0.3) is 5.91 Å². The van der Waals surface area contributed by atoms with Gasteiger partial charge in [-0.05, 0) is 29.8 Å². The maximum Gasteiger partial charge on any atom is 0.338 e. The quantitative estimate of drug-likeness (QED) is 0.454. The smallest absolute Gasteiger partial charge is 0.338 e. The van der Waals surface area contributed by atoms with Crippen LogP contribution in [0.3, 0.4) is 0 Å². The van der Waals surface area contributed by atoms with Crippen molar-refractivity contribution in [1.29, 1.82) is 0 Å². The highest BCUT2D eigenvalue weighted by molar-refractivity contribution is 5.94. The van der Waals surface area contributed by atoms with Crippen LogP contribution in [0.5, 0.6) is 0 Å². The van der Waals surface area contributed by atoms with Gasteiger partial charge in [0.05, 0.1) is 5.56 Å². The molecule has 0 aromatic heterocycles. The Labute approximate surface area is 170 Å². The van der Waals surface area contributed by atoms with Gasteiger partial charge in [0.2, 0.25) is 0 Å². The van der Waals surface area contributed by atoms with Crippen molar-refractivity contribution in [3.8, 4) is 12.3 Å². The molecular weight excluding hydrogens is 362 g/mol. The van der Waals surface area contributed by atoms with E-state index in [1.165, 1.54) is 0 Å². The third-order valence-corrected chi connectivity index (χ3v) is 4.43. The molecule has 0 saturated carbocycles. The number of benzene rings is 3. The van der Waals surface area contributed by atoms with E-state index in [1.807, 2.05) is 42.5 Å². The molecule has 3 rings (SSSR count). The molecular formula is C25H21NO3. The fourth-order valence-electron chi connectivity index (χ4n) is 2.89. The summed E-state index contributed by atoms with van der Waals surface area (Å²) < 4.78 is 5.41. The van der Waals surface area contributed by atoms with Crippen LogP contribution in [0, 0.1) is 12.3 Å². The van der Waals surface area contributed by atoms with Gasteiger partial charge in [-0.15, -0.1) is 6.42 Å². The SMILES string of the molecule is C#CC(COC(=O)c1ccccc1)N(Cc1ccccc1)C(=O)c1ccccc1. The van der Waals surface area contributed by atoms with E-state index in [9.17, 15) is 9.59 Å². The molecule has 0 N–H and O–H groups in total. The Hall–Kier alpha value is -3.84. The van der Waals surface area contributed by atoms with Crippen LogP contribution < -0.4 is 0 Å². The zero-order valence-electron chi connectivity index (χ0n) is 15.9. The highest BCUT2D eigenvalue weighted by Gasteiger charge is 2.25. The lowest BCUT2D eigenvalue weighted by molar-refractivity contribution is 0.0369. The molecule has 0 spiro atoms. The number of hydrogen-bond donors (Lipinski definition) is 0. The van der Waals surface area contributed by atoms with Crippen molar-refractivity contribution < 1.29 is 14.3 Å². The summed E-state index contributed by atoms with van der Waals surface area (Å²) in [5.41, 5.74) is 1.90. The van der Waals surface area contributed by atoms with E-state index in [2.05, 4.69) is 5.92 Å². The van der Waals surface area contributed by atoms with Gasteiger partial charge in [0, 0.05) is 12.1 Å². The Kier molecular flexibility index (Phi) is 6.80. The molecule has 4 heteroatoms. The summed E-state index contributed by atoms with van der Waals surface area (Å²) in [6.07, 6.45) is 5.73. The third kappa shape index (κ3) is 5.33. The Bertz CT molecular complexity index is 979. The van der Waals surface area contributed by atoms with Crippen LogP contribution in [0.1, 0.15) is 26.3 Å². The minimum atomic E-state index is -0.699. The number of terminal acetylenes is 1. The molecule has 0 heterocycles. The van der Waals surface area contributed by atoms with Gasteiger partial charge in [0.15, 0.2) is 0 Å². The number of nitrogens with zero attached hydrogens (tertiary/aromatic N) is 1. The molecule has 3 aromatic carbocycles. The molecule has 1 amide bonds. The average molecular weight is 383 g/mol. The van der Waals surface area contributed by atoms with E-state index in [0.29, 0.717) is 17.7 Å². The van der Waals surface area contributed by atoms with Crippen LogP contribution in [0.2, 0.25) is 0 Å². The van der Waals surface area contributed by atoms with Crippen molar-refractivity contribution in [2.45, 2.75) is 12.6 Å². The van der Waals surface area contributed by atoms with Gasteiger partial charge in [0.1, 0.15) is 12.6 Å². The first-order valence-corrected chi connectivity index (χ1v) is 9.27. The van der Waals surface area contributed by atoms with Crippen LogP contribution in [-0.4, -0.2) is 29.4 Å². The Morgan fingerprint density at radius 2 is 1.34 bits per heavy atom. The predicted molar refractivity (Wildman–Crippen MR) is 112 cm³/mol. The van der Waals surface area contributed by atoms with Gasteiger partial charge in [-0.2, -0.15) is 0 Å². The number of carbonyl (C=O) groups is 2. The summed E-state index contributed by atoms with van der Waals surface area (Å²) in [6.45, 7) is 0.224. The van der Waals surface area contributed by atoms with E-state index in [0.717, 1.165) is 5.56 Å². The van der Waals surface area contributed by atoms with Crippen LogP contribution in [-0.2, 0) is 11.3 Å². The summed E-state index contributed by atoms with van der Waals surface area (Å²) in [5.74, 6) is 1.92. The topological polar surface area (TPSA) is 46.6 Å². The zero-order valence-corrected chi connectivity index (χ0v) is 15.9. The highest BCUT2D eigenvalue weighted by atomic mass is 16.5. The largest absolute Gasteiger partial charge is 0.459 e. The van der Waals surface area contributed by atoms with Crippen molar-refractivity contribution in [2.24, 2.45) is 0 Å². The van der Waals surface area contributed by atoms with Gasteiger partial charge >= 0.3 is 5.97 Å². The predicted octanol–water partition coefficient (Wildman–Crippen LogP) is 4.19. The van der Waals surface area contributed by atoms with Crippen molar-refractivity contribution in [3.63, 3.8) is 0 Å². The second-order valence-corrected chi connectivity index (χ2v) is 6.43. The van der Waals surface area contributed by atoms with Crippen molar-refractivity contribution in [1.82, 2.24) is 4.90 Å². The van der Waals surface area contributed by atoms with Crippen molar-refractivity contribution in [2.75, 3.05) is 6.61 Å². The molecule has 0 aliphatic heterocycles. The van der Waals surface area contributed by atoms with Gasteiger partial charge < -0.3 is 9.64 Å². The standard InChI is InChI=1S/C25H21NO3/c1-2-23(19-29-25(28)22-16-10-5-11-17-22)26(18-20-12-6-3-7-13-20)24(27)21-14-8-4-9-15-21/h1,3-17,23H,18-19H2. The monoisotopic (exact) mass is 383 g/mol. The lowest BCUT2D eigenvalue weighted by Crippen LogP contribution is -2.42. The number of ether oxygens (including phenoxy) is 1. The third-order valence-electron chi connectivity index (χ3n) is 4.43. The number of rotatable bonds is 7. The molecule has 0 bridgehead atoms. The number of amides is 1. The molecule has 144 valence electrons. The minimum Gasteiger partial charge on any atom is -0.459 e. The van der Waals surface area contributed by atoms with E-state index in [-0.39, 0.29) is 12.5 Å². The van der Waals surface area contributed by atoms with Crippen molar-refractivity contribution in [3.05, 3.63) is 108 Å². The summed E-state index contributed by atoms with van der Waals surface area (Å²) >= 11 is 0. The summed E-state index contributed by atoms with van der Waals surface area (Å²) in [5, 5.41) is 0. The van der Waals surface area contributed by atoms with Crippen LogP contribution in [0.4, 0.5) is 0 Å². The van der Waals surface area contributed by atoms with Gasteiger partial charge in [-0.25, -0.2) is 4.79 Å². The maximum atomic E-state index is 13.2. The molecule has 0 saturated heterocycles. The van der Waals surface area contributed by atoms with Crippen LogP contribution in [0.15, 0.2) is 91.0 Å². The number of esters is 1. The molecule has 0 radical (unpaired) electrons. The highest BCUT2D eigenvalue weighted by Crippen LogP contribution is 2.15. The first kappa shape index (κ1) is 19.9. The van der Waals surface area contributed by atoms with E-state index in [1.54, 1.807) is 53.4 Å². The molecule has 4 nitrogen and oxygen atoms in total. The second kappa shape index (κ2) is 9.91. The first-order chi connectivity index (χ1) is 14.2.